The number of aliphatic hydroxyl groups is 1. The molecule has 1 amide bonds. The Labute approximate surface area is 207 Å². The minimum absolute atomic E-state index is 0.0434. The van der Waals surface area contributed by atoms with Crippen LogP contribution in [0.25, 0.3) is 33.5 Å². The number of nitrogens with zero attached hydrogens (tertiary/aromatic N) is 3. The van der Waals surface area contributed by atoms with Gasteiger partial charge in [-0.15, -0.1) is 0 Å². The van der Waals surface area contributed by atoms with E-state index in [9.17, 15) is 10.1 Å². The molecule has 0 aliphatic carbocycles. The van der Waals surface area contributed by atoms with Crippen LogP contribution in [0.2, 0.25) is 0 Å². The van der Waals surface area contributed by atoms with E-state index < -0.39 is 0 Å². The third-order valence-corrected chi connectivity index (χ3v) is 6.12. The number of hydrogen-bond acceptors (Lipinski definition) is 7. The molecule has 2 aromatic heterocycles. The Bertz CT molecular complexity index is 1420. The minimum Gasteiger partial charge on any atom is -0.489 e. The maximum absolute atomic E-state index is 12.1. The highest BCUT2D eigenvalue weighted by atomic mass is 16.5. The highest BCUT2D eigenvalue weighted by molar-refractivity contribution is 5.96. The quantitative estimate of drug-likeness (QED) is 0.367. The van der Waals surface area contributed by atoms with Crippen LogP contribution in [0.4, 0.5) is 0 Å². The lowest BCUT2D eigenvalue weighted by Crippen LogP contribution is -2.26. The van der Waals surface area contributed by atoms with Crippen LogP contribution in [-0.2, 0) is 4.74 Å². The molecule has 4 aromatic rings. The SMILES string of the molecule is N#Cc1cc(-c2ncnc3[nH]c(-c4ccc(C(=O)NCCO)cc4)cc23)ccc1OC1CCOCC1. The molecule has 1 aliphatic rings. The lowest BCUT2D eigenvalue weighted by molar-refractivity contribution is 0.0254. The van der Waals surface area contributed by atoms with E-state index in [0.29, 0.717) is 41.4 Å². The van der Waals surface area contributed by atoms with Crippen LogP contribution in [0.1, 0.15) is 28.8 Å². The van der Waals surface area contributed by atoms with Crippen LogP contribution in [0.5, 0.6) is 5.75 Å². The zero-order chi connectivity index (χ0) is 24.9. The van der Waals surface area contributed by atoms with Crippen molar-refractivity contribution in [1.82, 2.24) is 20.3 Å². The Morgan fingerprint density at radius 3 is 2.67 bits per heavy atom. The fourth-order valence-corrected chi connectivity index (χ4v) is 4.24. The third-order valence-electron chi connectivity index (χ3n) is 6.12. The van der Waals surface area contributed by atoms with Crippen LogP contribution in [0.15, 0.2) is 54.9 Å². The summed E-state index contributed by atoms with van der Waals surface area (Å²) >= 11 is 0. The largest absolute Gasteiger partial charge is 0.489 e. The van der Waals surface area contributed by atoms with Gasteiger partial charge in [0.2, 0.25) is 0 Å². The number of benzene rings is 2. The van der Waals surface area contributed by atoms with E-state index >= 15 is 0 Å². The van der Waals surface area contributed by atoms with Crippen molar-refractivity contribution < 1.29 is 19.4 Å². The standard InChI is InChI=1S/C27H25N5O4/c28-15-20-13-19(5-6-24(20)36-21-7-11-35-12-8-21)25-22-14-23(32-26(22)31-16-30-25)17-1-3-18(4-2-17)27(34)29-9-10-33/h1-6,13-14,16,21,33H,7-12H2,(H,29,34)(H,30,31,32). The van der Waals surface area contributed by atoms with Crippen molar-refractivity contribution >= 4 is 16.9 Å². The molecule has 0 radical (unpaired) electrons. The maximum atomic E-state index is 12.1. The van der Waals surface area contributed by atoms with E-state index in [2.05, 4.69) is 26.3 Å². The summed E-state index contributed by atoms with van der Waals surface area (Å²) in [7, 11) is 0. The van der Waals surface area contributed by atoms with Crippen molar-refractivity contribution in [3.05, 3.63) is 66.0 Å². The first-order valence-electron chi connectivity index (χ1n) is 11.8. The van der Waals surface area contributed by atoms with Gasteiger partial charge in [-0.2, -0.15) is 5.26 Å². The van der Waals surface area contributed by atoms with E-state index in [1.807, 2.05) is 30.3 Å². The lowest BCUT2D eigenvalue weighted by Gasteiger charge is -2.23. The second-order valence-corrected chi connectivity index (χ2v) is 8.48. The number of aromatic nitrogens is 3. The van der Waals surface area contributed by atoms with Gasteiger partial charge in [0, 0.05) is 41.6 Å². The Kier molecular flexibility index (Phi) is 6.89. The summed E-state index contributed by atoms with van der Waals surface area (Å²) in [5.74, 6) is 0.328. The molecule has 0 spiro atoms. The van der Waals surface area contributed by atoms with Gasteiger partial charge in [0.05, 0.1) is 31.1 Å². The molecule has 1 fully saturated rings. The molecule has 9 heteroatoms. The van der Waals surface area contributed by atoms with E-state index in [-0.39, 0.29) is 25.2 Å². The maximum Gasteiger partial charge on any atom is 0.251 e. The number of carbonyl (C=O) groups is 1. The Morgan fingerprint density at radius 1 is 1.14 bits per heavy atom. The number of ether oxygens (including phenoxy) is 2. The summed E-state index contributed by atoms with van der Waals surface area (Å²) in [6.45, 7) is 1.43. The van der Waals surface area contributed by atoms with Crippen molar-refractivity contribution in [3.63, 3.8) is 0 Å². The number of nitriles is 1. The topological polar surface area (TPSA) is 133 Å². The van der Waals surface area contributed by atoms with Crippen LogP contribution in [0, 0.1) is 11.3 Å². The Balaban J connectivity index is 1.43. The van der Waals surface area contributed by atoms with Crippen molar-refractivity contribution in [3.8, 4) is 34.3 Å². The molecular formula is C27H25N5O4. The van der Waals surface area contributed by atoms with Gasteiger partial charge in [-0.1, -0.05) is 12.1 Å². The van der Waals surface area contributed by atoms with E-state index in [0.717, 1.165) is 35.0 Å². The second kappa shape index (κ2) is 10.6. The highest BCUT2D eigenvalue weighted by Gasteiger charge is 2.18. The number of carbonyl (C=O) groups excluding carboxylic acids is 1. The predicted octanol–water partition coefficient (Wildman–Crippen LogP) is 3.44. The van der Waals surface area contributed by atoms with Gasteiger partial charge in [-0.3, -0.25) is 4.79 Å². The number of rotatable bonds is 7. The molecule has 9 nitrogen and oxygen atoms in total. The van der Waals surface area contributed by atoms with Gasteiger partial charge in [0.15, 0.2) is 0 Å². The van der Waals surface area contributed by atoms with Gasteiger partial charge in [-0.05, 0) is 42.0 Å². The van der Waals surface area contributed by atoms with Crippen molar-refractivity contribution in [2.24, 2.45) is 0 Å². The molecule has 36 heavy (non-hydrogen) atoms. The van der Waals surface area contributed by atoms with E-state index in [1.165, 1.54) is 6.33 Å². The predicted molar refractivity (Wildman–Crippen MR) is 133 cm³/mol. The van der Waals surface area contributed by atoms with Gasteiger partial charge in [-0.25, -0.2) is 9.97 Å². The first kappa shape index (κ1) is 23.5. The summed E-state index contributed by atoms with van der Waals surface area (Å²) < 4.78 is 11.5. The number of amides is 1. The van der Waals surface area contributed by atoms with Crippen LogP contribution in [-0.4, -0.2) is 58.4 Å². The second-order valence-electron chi connectivity index (χ2n) is 8.48. The number of hydrogen-bond donors (Lipinski definition) is 3. The lowest BCUT2D eigenvalue weighted by atomic mass is 10.0. The molecule has 1 saturated heterocycles. The van der Waals surface area contributed by atoms with Crippen LogP contribution >= 0.6 is 0 Å². The molecule has 0 saturated carbocycles. The first-order valence-corrected chi connectivity index (χ1v) is 11.8. The normalized spacial score (nSPS) is 13.9. The van der Waals surface area contributed by atoms with E-state index in [1.54, 1.807) is 18.2 Å². The van der Waals surface area contributed by atoms with Crippen LogP contribution < -0.4 is 10.1 Å². The number of aromatic amines is 1. The van der Waals surface area contributed by atoms with Gasteiger partial charge < -0.3 is 24.9 Å². The van der Waals surface area contributed by atoms with Gasteiger partial charge in [0.1, 0.15) is 29.9 Å². The monoisotopic (exact) mass is 483 g/mol. The summed E-state index contributed by atoms with van der Waals surface area (Å²) in [5, 5.41) is 22.1. The zero-order valence-corrected chi connectivity index (χ0v) is 19.5. The molecule has 5 rings (SSSR count). The molecule has 0 unspecified atom stereocenters. The molecule has 1 aliphatic heterocycles. The molecule has 3 heterocycles. The summed E-state index contributed by atoms with van der Waals surface area (Å²) in [4.78, 5) is 24.3. The highest BCUT2D eigenvalue weighted by Crippen LogP contribution is 2.33. The minimum atomic E-state index is -0.238. The fourth-order valence-electron chi connectivity index (χ4n) is 4.24. The van der Waals surface area contributed by atoms with Crippen molar-refractivity contribution in [1.29, 1.82) is 5.26 Å². The number of aliphatic hydroxyl groups excluding tert-OH is 1. The third kappa shape index (κ3) is 4.91. The van der Waals surface area contributed by atoms with Crippen LogP contribution in [0.3, 0.4) is 0 Å². The smallest absolute Gasteiger partial charge is 0.251 e. The molecule has 0 bridgehead atoms. The molecular weight excluding hydrogens is 458 g/mol. The molecule has 182 valence electrons. The fraction of sp³-hybridized carbons (Fsp3) is 0.259. The van der Waals surface area contributed by atoms with Gasteiger partial charge >= 0.3 is 0 Å². The molecule has 3 N–H and O–H groups in total. The van der Waals surface area contributed by atoms with Gasteiger partial charge in [0.25, 0.3) is 5.91 Å². The number of fused-ring (bicyclic) bond motifs is 1. The van der Waals surface area contributed by atoms with Crippen molar-refractivity contribution in [2.75, 3.05) is 26.4 Å². The van der Waals surface area contributed by atoms with Crippen molar-refractivity contribution in [2.45, 2.75) is 18.9 Å². The Hall–Kier alpha value is -4.26. The number of H-pyrrole nitrogens is 1. The molecule has 0 atom stereocenters. The summed E-state index contributed by atoms with van der Waals surface area (Å²) in [5.41, 5.74) is 4.84. The number of nitrogens with one attached hydrogen (secondary N) is 2. The average Bonchev–Trinajstić information content (AvgIpc) is 3.37. The zero-order valence-electron chi connectivity index (χ0n) is 19.5. The Morgan fingerprint density at radius 2 is 1.92 bits per heavy atom. The summed E-state index contributed by atoms with van der Waals surface area (Å²) in [6.07, 6.45) is 3.14. The van der Waals surface area contributed by atoms with E-state index in [4.69, 9.17) is 14.6 Å². The average molecular weight is 484 g/mol. The molecule has 2 aromatic carbocycles. The summed E-state index contributed by atoms with van der Waals surface area (Å²) in [6, 6.07) is 16.9. The first-order chi connectivity index (χ1) is 17.7.